The summed E-state index contributed by atoms with van der Waals surface area (Å²) < 4.78 is 6.36. The van der Waals surface area contributed by atoms with Crippen molar-refractivity contribution in [1.82, 2.24) is 5.32 Å². The maximum absolute atomic E-state index is 12.2. The number of rotatable bonds is 4. The van der Waals surface area contributed by atoms with Gasteiger partial charge in [-0.2, -0.15) is 0 Å². The van der Waals surface area contributed by atoms with Crippen LogP contribution in [-0.4, -0.2) is 43.4 Å². The summed E-state index contributed by atoms with van der Waals surface area (Å²) in [6, 6.07) is -0.190. The average molecular weight is 342 g/mol. The molecule has 2 rings (SSSR count). The largest absolute Gasteiger partial charge is 0.413 e. The van der Waals surface area contributed by atoms with E-state index in [4.69, 9.17) is 4.43 Å². The summed E-state index contributed by atoms with van der Waals surface area (Å²) in [6.45, 7) is 12.8. The van der Waals surface area contributed by atoms with Gasteiger partial charge in [-0.15, -0.1) is 0 Å². The molecular formula is C17H31NO4Si. The second-order valence-electron chi connectivity index (χ2n) is 8.60. The molecule has 1 aliphatic heterocycles. The van der Waals surface area contributed by atoms with Gasteiger partial charge in [0.15, 0.2) is 14.1 Å². The number of Topliss-reactive ketones (excluding diaryl/α,β-unsaturated/α-hetero) is 1. The molecule has 132 valence electrons. The number of aliphatic hydroxyl groups excluding tert-OH is 1. The van der Waals surface area contributed by atoms with E-state index in [0.29, 0.717) is 6.42 Å². The minimum atomic E-state index is -1.97. The molecule has 1 heterocycles. The Morgan fingerprint density at radius 2 is 1.87 bits per heavy atom. The predicted octanol–water partition coefficient (Wildman–Crippen LogP) is 2.24. The second-order valence-corrected chi connectivity index (χ2v) is 13.4. The molecule has 2 aliphatic rings. The molecule has 5 atom stereocenters. The first-order valence-electron chi connectivity index (χ1n) is 8.65. The molecule has 2 fully saturated rings. The van der Waals surface area contributed by atoms with Crippen LogP contribution in [0, 0.1) is 11.8 Å². The van der Waals surface area contributed by atoms with E-state index in [-0.39, 0.29) is 40.7 Å². The predicted molar refractivity (Wildman–Crippen MR) is 91.5 cm³/mol. The molecule has 23 heavy (non-hydrogen) atoms. The zero-order valence-electron chi connectivity index (χ0n) is 15.2. The maximum atomic E-state index is 12.2. The molecule has 0 aromatic rings. The molecule has 5 nitrogen and oxygen atoms in total. The Kier molecular flexibility index (Phi) is 5.09. The highest BCUT2D eigenvalue weighted by atomic mass is 28.4. The highest BCUT2D eigenvalue weighted by molar-refractivity contribution is 6.74. The Morgan fingerprint density at radius 1 is 1.26 bits per heavy atom. The normalized spacial score (nSPS) is 33.9. The summed E-state index contributed by atoms with van der Waals surface area (Å²) in [5.74, 6) is -0.713. The SMILES string of the molecule is C[C@@H](O[Si](C)(C)C(C)(C)C)[C@H]1C(=O)N[C@@H]1[C@H]1CCC[C@@H](O)C1=O. The van der Waals surface area contributed by atoms with Crippen LogP contribution in [0.2, 0.25) is 18.1 Å². The first kappa shape index (κ1) is 18.6. The van der Waals surface area contributed by atoms with E-state index in [0.717, 1.165) is 12.8 Å². The van der Waals surface area contributed by atoms with Gasteiger partial charge in [0.2, 0.25) is 5.91 Å². The third-order valence-electron chi connectivity index (χ3n) is 5.91. The van der Waals surface area contributed by atoms with Crippen LogP contribution in [0.4, 0.5) is 0 Å². The van der Waals surface area contributed by atoms with Crippen LogP contribution in [-0.2, 0) is 14.0 Å². The molecule has 0 spiro atoms. The topological polar surface area (TPSA) is 75.6 Å². The molecular weight excluding hydrogens is 310 g/mol. The van der Waals surface area contributed by atoms with Crippen LogP contribution in [0.3, 0.4) is 0 Å². The van der Waals surface area contributed by atoms with Gasteiger partial charge in [0.25, 0.3) is 0 Å². The van der Waals surface area contributed by atoms with Gasteiger partial charge in [0.1, 0.15) is 6.10 Å². The number of hydrogen-bond acceptors (Lipinski definition) is 4. The first-order chi connectivity index (χ1) is 10.5. The Labute approximate surface area is 140 Å². The molecule has 0 unspecified atom stereocenters. The zero-order chi connectivity index (χ0) is 17.6. The highest BCUT2D eigenvalue weighted by Gasteiger charge is 2.52. The number of nitrogens with one attached hydrogen (secondary N) is 1. The lowest BCUT2D eigenvalue weighted by Gasteiger charge is -2.48. The number of ketones is 1. The van der Waals surface area contributed by atoms with E-state index in [2.05, 4.69) is 39.2 Å². The zero-order valence-corrected chi connectivity index (χ0v) is 16.2. The molecule has 1 amide bonds. The summed E-state index contributed by atoms with van der Waals surface area (Å²) in [5, 5.41) is 12.8. The monoisotopic (exact) mass is 341 g/mol. The van der Waals surface area contributed by atoms with E-state index in [1.54, 1.807) is 0 Å². The van der Waals surface area contributed by atoms with Crippen molar-refractivity contribution in [3.63, 3.8) is 0 Å². The molecule has 0 radical (unpaired) electrons. The standard InChI is InChI=1S/C17H31NO4Si/c1-10(22-23(5,6)17(2,3)4)13-14(18-16(13)21)11-8-7-9-12(19)15(11)20/h10-14,19H,7-9H2,1-6H3,(H,18,21)/t10-,11-,12-,13-,14-/m1/s1. The maximum Gasteiger partial charge on any atom is 0.228 e. The van der Waals surface area contributed by atoms with Crippen molar-refractivity contribution in [3.05, 3.63) is 0 Å². The van der Waals surface area contributed by atoms with Crippen molar-refractivity contribution in [2.45, 2.75) is 83.3 Å². The Hall–Kier alpha value is -0.723. The number of carbonyl (C=O) groups is 2. The lowest BCUT2D eigenvalue weighted by molar-refractivity contribution is -0.149. The molecule has 0 bridgehead atoms. The molecule has 0 aromatic heterocycles. The number of carbonyl (C=O) groups excluding carboxylic acids is 2. The lowest BCUT2D eigenvalue weighted by atomic mass is 9.71. The lowest BCUT2D eigenvalue weighted by Crippen LogP contribution is -2.68. The van der Waals surface area contributed by atoms with Crippen LogP contribution >= 0.6 is 0 Å². The molecule has 0 aromatic carbocycles. The smallest absolute Gasteiger partial charge is 0.228 e. The van der Waals surface area contributed by atoms with Gasteiger partial charge in [0.05, 0.1) is 18.1 Å². The fraction of sp³-hybridized carbons (Fsp3) is 0.882. The first-order valence-corrected chi connectivity index (χ1v) is 11.6. The fourth-order valence-corrected chi connectivity index (χ4v) is 4.84. The fourth-order valence-electron chi connectivity index (χ4n) is 3.41. The molecule has 1 aliphatic carbocycles. The van der Waals surface area contributed by atoms with Gasteiger partial charge in [0, 0.05) is 5.92 Å². The number of aliphatic hydroxyl groups is 1. The summed E-state index contributed by atoms with van der Waals surface area (Å²) >= 11 is 0. The van der Waals surface area contributed by atoms with Crippen LogP contribution in [0.25, 0.3) is 0 Å². The average Bonchev–Trinajstić information content (AvgIpc) is 2.37. The van der Waals surface area contributed by atoms with Crippen LogP contribution in [0.5, 0.6) is 0 Å². The van der Waals surface area contributed by atoms with Gasteiger partial charge in [-0.3, -0.25) is 9.59 Å². The van der Waals surface area contributed by atoms with Gasteiger partial charge in [-0.1, -0.05) is 20.8 Å². The van der Waals surface area contributed by atoms with Gasteiger partial charge >= 0.3 is 0 Å². The van der Waals surface area contributed by atoms with Gasteiger partial charge in [-0.05, 0) is 44.3 Å². The quantitative estimate of drug-likeness (QED) is 0.607. The summed E-state index contributed by atoms with van der Waals surface area (Å²) in [5.41, 5.74) is 0. The van der Waals surface area contributed by atoms with E-state index < -0.39 is 14.4 Å². The number of β-lactam (4-membered cyclic amide) rings is 1. The van der Waals surface area contributed by atoms with E-state index in [1.165, 1.54) is 0 Å². The highest BCUT2D eigenvalue weighted by Crippen LogP contribution is 2.40. The summed E-state index contributed by atoms with van der Waals surface area (Å²) in [6.07, 6.45) is 1.03. The molecule has 1 saturated carbocycles. The summed E-state index contributed by atoms with van der Waals surface area (Å²) in [7, 11) is -1.97. The summed E-state index contributed by atoms with van der Waals surface area (Å²) in [4.78, 5) is 24.3. The van der Waals surface area contributed by atoms with Crippen LogP contribution < -0.4 is 5.32 Å². The molecule has 1 saturated heterocycles. The van der Waals surface area contributed by atoms with Crippen LogP contribution in [0.1, 0.15) is 47.0 Å². The molecule has 2 N–H and O–H groups in total. The third kappa shape index (κ3) is 3.54. The van der Waals surface area contributed by atoms with Crippen molar-refractivity contribution in [2.75, 3.05) is 0 Å². The van der Waals surface area contributed by atoms with E-state index in [9.17, 15) is 14.7 Å². The van der Waals surface area contributed by atoms with Crippen molar-refractivity contribution in [2.24, 2.45) is 11.8 Å². The van der Waals surface area contributed by atoms with Gasteiger partial charge in [-0.25, -0.2) is 0 Å². The minimum absolute atomic E-state index is 0.0333. The van der Waals surface area contributed by atoms with Crippen LogP contribution in [0.15, 0.2) is 0 Å². The van der Waals surface area contributed by atoms with Crippen molar-refractivity contribution in [1.29, 1.82) is 0 Å². The van der Waals surface area contributed by atoms with E-state index in [1.807, 2.05) is 6.92 Å². The van der Waals surface area contributed by atoms with Gasteiger partial charge < -0.3 is 14.8 Å². The minimum Gasteiger partial charge on any atom is -0.413 e. The second kappa shape index (κ2) is 6.30. The van der Waals surface area contributed by atoms with Crippen molar-refractivity contribution in [3.8, 4) is 0 Å². The number of amides is 1. The molecule has 6 heteroatoms. The Morgan fingerprint density at radius 3 is 2.39 bits per heavy atom. The Balaban J connectivity index is 2.08. The number of hydrogen-bond donors (Lipinski definition) is 2. The van der Waals surface area contributed by atoms with Crippen molar-refractivity contribution >= 4 is 20.0 Å². The Bertz CT molecular complexity index is 485. The van der Waals surface area contributed by atoms with Crippen molar-refractivity contribution < 1.29 is 19.1 Å². The third-order valence-corrected chi connectivity index (χ3v) is 10.5. The van der Waals surface area contributed by atoms with E-state index >= 15 is 0 Å².